The number of hydrogen-bond acceptors (Lipinski definition) is 9. The normalized spacial score (nSPS) is 10.1. The van der Waals surface area contributed by atoms with E-state index in [4.69, 9.17) is 47.8 Å². The van der Waals surface area contributed by atoms with Gasteiger partial charge in [-0.2, -0.15) is 0 Å². The summed E-state index contributed by atoms with van der Waals surface area (Å²) in [6.07, 6.45) is 0. The van der Waals surface area contributed by atoms with Crippen LogP contribution in [0.25, 0.3) is 66.8 Å². The number of rotatable bonds is 12. The quantitative estimate of drug-likeness (QED) is 0.0514. The molecular formula is C60H45Ce2N3O12. The number of nitrogens with two attached hydrogens (primary N) is 3. The van der Waals surface area contributed by atoms with Gasteiger partial charge in [0.15, 0.2) is 0 Å². The van der Waals surface area contributed by atoms with Gasteiger partial charge in [-0.25, -0.2) is 28.8 Å². The second-order valence-corrected chi connectivity index (χ2v) is 16.7. The topological polar surface area (TPSA) is 302 Å². The number of hydrogen-bond donors (Lipinski definition) is 9. The van der Waals surface area contributed by atoms with Crippen LogP contribution in [0, 0.1) is 83.5 Å². The fourth-order valence-electron chi connectivity index (χ4n) is 7.81. The predicted octanol–water partition coefficient (Wildman–Crippen LogP) is 12.0. The molecule has 0 aliphatic heterocycles. The summed E-state index contributed by atoms with van der Waals surface area (Å²) >= 11 is 0. The van der Waals surface area contributed by atoms with Crippen LogP contribution in [-0.2, 0) is 0 Å². The zero-order valence-corrected chi connectivity index (χ0v) is 46.7. The molecule has 0 atom stereocenters. The van der Waals surface area contributed by atoms with Crippen LogP contribution in [-0.4, -0.2) is 66.5 Å². The monoisotopic (exact) mass is 1280 g/mol. The summed E-state index contributed by atoms with van der Waals surface area (Å²) < 4.78 is 0. The van der Waals surface area contributed by atoms with Crippen LogP contribution in [0.3, 0.4) is 0 Å². The van der Waals surface area contributed by atoms with E-state index in [0.29, 0.717) is 17.1 Å². The van der Waals surface area contributed by atoms with E-state index in [1.807, 2.05) is 54.6 Å². The fourth-order valence-corrected chi connectivity index (χ4v) is 7.81. The molecule has 0 saturated carbocycles. The van der Waals surface area contributed by atoms with Crippen LogP contribution in [0.2, 0.25) is 0 Å². The van der Waals surface area contributed by atoms with Gasteiger partial charge in [0.05, 0.1) is 33.4 Å². The molecule has 0 spiro atoms. The van der Waals surface area contributed by atoms with Gasteiger partial charge in [0.25, 0.3) is 0 Å². The van der Waals surface area contributed by atoms with Crippen LogP contribution < -0.4 is 17.2 Å². The maximum Gasteiger partial charge on any atom is 0.335 e. The van der Waals surface area contributed by atoms with E-state index in [0.717, 1.165) is 66.8 Å². The maximum atomic E-state index is 10.9. The molecule has 0 radical (unpaired) electrons. The second-order valence-electron chi connectivity index (χ2n) is 16.7. The molecule has 0 aliphatic rings. The van der Waals surface area contributed by atoms with E-state index in [2.05, 4.69) is 0 Å². The summed E-state index contributed by atoms with van der Waals surface area (Å²) in [6, 6.07) is 56.0. The molecular weight excluding hydrogens is 1230 g/mol. The Morgan fingerprint density at radius 1 is 0.221 bits per heavy atom. The first-order valence-corrected chi connectivity index (χ1v) is 22.6. The molecule has 9 aromatic carbocycles. The van der Waals surface area contributed by atoms with Gasteiger partial charge in [0, 0.05) is 117 Å². The average Bonchev–Trinajstić information content (AvgIpc) is 3.41. The van der Waals surface area contributed by atoms with Gasteiger partial charge >= 0.3 is 35.8 Å². The minimum Gasteiger partial charge on any atom is -0.478 e. The third-order valence-corrected chi connectivity index (χ3v) is 11.9. The van der Waals surface area contributed by atoms with Gasteiger partial charge in [-0.05, 0) is 141 Å². The van der Waals surface area contributed by atoms with Gasteiger partial charge in [0.2, 0.25) is 0 Å². The Bertz CT molecular complexity index is 3230. The Labute approximate surface area is 508 Å². The van der Waals surface area contributed by atoms with Crippen molar-refractivity contribution in [3.8, 4) is 66.8 Å². The van der Waals surface area contributed by atoms with Crippen molar-refractivity contribution in [2.75, 3.05) is 17.2 Å². The number of carboxylic acid groups (broad SMARTS) is 6. The van der Waals surface area contributed by atoms with E-state index in [-0.39, 0.29) is 117 Å². The van der Waals surface area contributed by atoms with Crippen molar-refractivity contribution in [1.29, 1.82) is 0 Å². The minimum absolute atomic E-state index is 0. The van der Waals surface area contributed by atoms with Gasteiger partial charge in [-0.3, -0.25) is 0 Å². The molecule has 0 unspecified atom stereocenters. The van der Waals surface area contributed by atoms with Crippen LogP contribution in [0.4, 0.5) is 17.1 Å². The molecule has 0 amide bonds. The maximum absolute atomic E-state index is 10.9. The first kappa shape index (κ1) is 59.8. The molecule has 17 heteroatoms. The Kier molecular flexibility index (Phi) is 21.1. The first-order chi connectivity index (χ1) is 35.9. The van der Waals surface area contributed by atoms with Crippen molar-refractivity contribution in [2.45, 2.75) is 0 Å². The summed E-state index contributed by atoms with van der Waals surface area (Å²) in [5, 5.41) is 53.7. The number of carbonyl (C=O) groups is 6. The second kappa shape index (κ2) is 27.1. The molecule has 380 valence electrons. The molecule has 0 bridgehead atoms. The largest absolute Gasteiger partial charge is 0.478 e. The summed E-state index contributed by atoms with van der Waals surface area (Å²) in [4.78, 5) is 65.5. The number of anilines is 3. The summed E-state index contributed by atoms with van der Waals surface area (Å²) in [5.74, 6) is -5.82. The van der Waals surface area contributed by atoms with Gasteiger partial charge in [-0.15, -0.1) is 0 Å². The summed E-state index contributed by atoms with van der Waals surface area (Å²) in [6.45, 7) is 0. The standard InChI is InChI=1S/3C20H15NO4.2Ce/c3*21-18-11-16(12-1-5-14(6-2-12)19(22)23)9-10-17(18)13-3-7-15(8-4-13)20(24)25;;/h3*1-11H,21H2,(H,22,23)(H,24,25);;. The number of nitrogen functional groups attached to an aromatic ring is 3. The molecule has 0 saturated heterocycles. The molecule has 0 heterocycles. The van der Waals surface area contributed by atoms with E-state index in [9.17, 15) is 28.8 Å². The number of carboxylic acids is 6. The summed E-state index contributed by atoms with van der Waals surface area (Å²) in [7, 11) is 0. The molecule has 9 aromatic rings. The zero-order chi connectivity index (χ0) is 53.9. The Morgan fingerprint density at radius 2 is 0.364 bits per heavy atom. The van der Waals surface area contributed by atoms with Crippen molar-refractivity contribution < 1.29 is 143 Å². The van der Waals surface area contributed by atoms with Crippen molar-refractivity contribution >= 4 is 52.9 Å². The van der Waals surface area contributed by atoms with Crippen LogP contribution >= 0.6 is 0 Å². The molecule has 0 aromatic heterocycles. The van der Waals surface area contributed by atoms with Gasteiger partial charge in [-0.1, -0.05) is 109 Å². The Morgan fingerprint density at radius 3 is 0.506 bits per heavy atom. The predicted molar refractivity (Wildman–Crippen MR) is 287 cm³/mol. The van der Waals surface area contributed by atoms with Crippen LogP contribution in [0.5, 0.6) is 0 Å². The summed E-state index contributed by atoms with van der Waals surface area (Å²) in [5.41, 5.74) is 31.6. The Hall–Kier alpha value is -8.05. The molecule has 15 nitrogen and oxygen atoms in total. The van der Waals surface area contributed by atoms with E-state index >= 15 is 0 Å². The Balaban J connectivity index is 0.000000210. The number of benzene rings is 9. The van der Waals surface area contributed by atoms with Gasteiger partial charge < -0.3 is 47.8 Å². The van der Waals surface area contributed by atoms with Crippen molar-refractivity contribution in [2.24, 2.45) is 0 Å². The third-order valence-electron chi connectivity index (χ3n) is 11.9. The van der Waals surface area contributed by atoms with Crippen molar-refractivity contribution in [3.05, 3.63) is 234 Å². The van der Waals surface area contributed by atoms with Crippen LogP contribution in [0.15, 0.2) is 200 Å². The van der Waals surface area contributed by atoms with E-state index in [1.165, 1.54) is 36.4 Å². The average molecular weight is 1280 g/mol. The number of aromatic carboxylic acids is 6. The molecule has 12 N–H and O–H groups in total. The van der Waals surface area contributed by atoms with Crippen molar-refractivity contribution in [1.82, 2.24) is 0 Å². The smallest absolute Gasteiger partial charge is 0.335 e. The van der Waals surface area contributed by atoms with Gasteiger partial charge in [0.1, 0.15) is 0 Å². The fraction of sp³-hybridized carbons (Fsp3) is 0. The zero-order valence-electron chi connectivity index (χ0n) is 40.4. The molecule has 77 heavy (non-hydrogen) atoms. The van der Waals surface area contributed by atoms with E-state index in [1.54, 1.807) is 109 Å². The molecule has 0 fully saturated rings. The van der Waals surface area contributed by atoms with E-state index < -0.39 is 35.8 Å². The SMILES string of the molecule is Nc1cc(-c2ccc(C(=O)O)cc2)ccc1-c1ccc(C(=O)O)cc1.Nc1cc(-c2ccc(C(=O)O)cc2)ccc1-c1ccc(C(=O)O)cc1.Nc1cc(-c2ccc(C(=O)O)cc2)ccc1-c1ccc(C(=O)O)cc1.[Ce].[Ce]. The van der Waals surface area contributed by atoms with Crippen LogP contribution in [0.1, 0.15) is 62.1 Å². The van der Waals surface area contributed by atoms with Crippen molar-refractivity contribution in [3.63, 3.8) is 0 Å². The first-order valence-electron chi connectivity index (χ1n) is 22.6. The third kappa shape index (κ3) is 15.3. The minimum atomic E-state index is -0.973. The molecule has 9 rings (SSSR count). The molecule has 0 aliphatic carbocycles.